The molecule has 22 heavy (non-hydrogen) atoms. The first-order valence-electron chi connectivity index (χ1n) is 6.62. The topological polar surface area (TPSA) is 79.8 Å². The Kier molecular flexibility index (Phi) is 9.61. The van der Waals surface area contributed by atoms with E-state index in [1.165, 1.54) is 6.26 Å². The van der Waals surface area contributed by atoms with E-state index >= 15 is 0 Å². The minimum atomic E-state index is -3.15. The van der Waals surface area contributed by atoms with Gasteiger partial charge in [0.1, 0.15) is 0 Å². The average Bonchev–Trinajstić information content (AvgIpc) is 2.43. The smallest absolute Gasteiger partial charge is 0.191 e. The summed E-state index contributed by atoms with van der Waals surface area (Å²) in [7, 11) is 0.198. The first-order valence-corrected chi connectivity index (χ1v) is 8.51. The molecule has 1 unspecified atom stereocenters. The van der Waals surface area contributed by atoms with Gasteiger partial charge in [0.15, 0.2) is 15.8 Å². The van der Waals surface area contributed by atoms with Crippen molar-refractivity contribution < 1.29 is 13.2 Å². The van der Waals surface area contributed by atoms with Gasteiger partial charge < -0.3 is 15.4 Å². The lowest BCUT2D eigenvalue weighted by atomic mass is 10.2. The largest absolute Gasteiger partial charge is 0.383 e. The van der Waals surface area contributed by atoms with Crippen molar-refractivity contribution in [2.45, 2.75) is 24.4 Å². The third-order valence-corrected chi connectivity index (χ3v) is 3.96. The third-order valence-electron chi connectivity index (χ3n) is 2.83. The van der Waals surface area contributed by atoms with Crippen molar-refractivity contribution >= 4 is 39.8 Å². The van der Waals surface area contributed by atoms with Crippen LogP contribution in [0.3, 0.4) is 0 Å². The quantitative estimate of drug-likeness (QED) is 0.397. The molecule has 0 amide bonds. The number of nitrogens with zero attached hydrogens (tertiary/aromatic N) is 1. The molecule has 8 heteroatoms. The number of hydrogen-bond acceptors (Lipinski definition) is 4. The number of nitrogens with one attached hydrogen (secondary N) is 2. The number of aliphatic imine (C=N–C) groups is 1. The van der Waals surface area contributed by atoms with Crippen molar-refractivity contribution in [3.05, 3.63) is 29.8 Å². The van der Waals surface area contributed by atoms with Gasteiger partial charge in [-0.1, -0.05) is 12.1 Å². The SMILES string of the molecule is CN=C(NCc1ccc(S(C)(=O)=O)cc1)NC(C)COC.I. The van der Waals surface area contributed by atoms with Crippen LogP contribution in [0.25, 0.3) is 0 Å². The molecule has 6 nitrogen and oxygen atoms in total. The van der Waals surface area contributed by atoms with Gasteiger partial charge in [0.25, 0.3) is 0 Å². The maximum atomic E-state index is 11.4. The molecule has 0 aliphatic heterocycles. The van der Waals surface area contributed by atoms with Gasteiger partial charge in [0.05, 0.1) is 11.5 Å². The van der Waals surface area contributed by atoms with Gasteiger partial charge in [-0.3, -0.25) is 4.99 Å². The highest BCUT2D eigenvalue weighted by Gasteiger charge is 2.07. The van der Waals surface area contributed by atoms with E-state index in [0.717, 1.165) is 5.56 Å². The summed E-state index contributed by atoms with van der Waals surface area (Å²) in [4.78, 5) is 4.45. The molecule has 2 N–H and O–H groups in total. The zero-order valence-electron chi connectivity index (χ0n) is 13.3. The van der Waals surface area contributed by atoms with Gasteiger partial charge in [-0.2, -0.15) is 0 Å². The van der Waals surface area contributed by atoms with E-state index in [2.05, 4.69) is 15.6 Å². The summed E-state index contributed by atoms with van der Waals surface area (Å²) in [5.41, 5.74) is 0.977. The highest BCUT2D eigenvalue weighted by molar-refractivity contribution is 14.0. The first kappa shape index (κ1) is 21.1. The molecule has 0 radical (unpaired) electrons. The molecule has 1 aromatic carbocycles. The van der Waals surface area contributed by atoms with E-state index in [1.807, 2.05) is 6.92 Å². The van der Waals surface area contributed by atoms with E-state index in [0.29, 0.717) is 24.0 Å². The number of hydrogen-bond donors (Lipinski definition) is 2. The Bertz CT molecular complexity index is 574. The molecule has 0 heterocycles. The number of benzene rings is 1. The molecule has 1 rings (SSSR count). The summed E-state index contributed by atoms with van der Waals surface area (Å²) >= 11 is 0. The average molecular weight is 441 g/mol. The Morgan fingerprint density at radius 2 is 1.91 bits per heavy atom. The van der Waals surface area contributed by atoms with Crippen LogP contribution >= 0.6 is 24.0 Å². The van der Waals surface area contributed by atoms with E-state index in [-0.39, 0.29) is 30.0 Å². The molecule has 0 aliphatic carbocycles. The van der Waals surface area contributed by atoms with Crippen molar-refractivity contribution in [2.24, 2.45) is 4.99 Å². The zero-order valence-corrected chi connectivity index (χ0v) is 16.4. The number of sulfone groups is 1. The lowest BCUT2D eigenvalue weighted by Crippen LogP contribution is -2.43. The Hall–Kier alpha value is -0.870. The predicted molar refractivity (Wildman–Crippen MR) is 99.6 cm³/mol. The van der Waals surface area contributed by atoms with Crippen molar-refractivity contribution in [1.29, 1.82) is 0 Å². The van der Waals surface area contributed by atoms with Crippen LogP contribution in [0.4, 0.5) is 0 Å². The Balaban J connectivity index is 0.00000441. The number of ether oxygens (including phenoxy) is 1. The molecule has 1 aromatic rings. The van der Waals surface area contributed by atoms with Crippen molar-refractivity contribution in [2.75, 3.05) is 27.0 Å². The summed E-state index contributed by atoms with van der Waals surface area (Å²) in [5, 5.41) is 6.36. The summed E-state index contributed by atoms with van der Waals surface area (Å²) in [6, 6.07) is 6.94. The fourth-order valence-electron chi connectivity index (χ4n) is 1.76. The summed E-state index contributed by atoms with van der Waals surface area (Å²) in [6.45, 7) is 3.14. The number of halogens is 1. The molecule has 0 fully saturated rings. The van der Waals surface area contributed by atoms with Crippen LogP contribution < -0.4 is 10.6 Å². The fourth-order valence-corrected chi connectivity index (χ4v) is 2.39. The van der Waals surface area contributed by atoms with Gasteiger partial charge in [0.2, 0.25) is 0 Å². The van der Waals surface area contributed by atoms with Crippen LogP contribution in [0.5, 0.6) is 0 Å². The van der Waals surface area contributed by atoms with E-state index in [4.69, 9.17) is 4.74 Å². The maximum absolute atomic E-state index is 11.4. The Morgan fingerprint density at radius 1 is 1.32 bits per heavy atom. The van der Waals surface area contributed by atoms with E-state index in [9.17, 15) is 8.42 Å². The molecular weight excluding hydrogens is 417 g/mol. The maximum Gasteiger partial charge on any atom is 0.191 e. The Morgan fingerprint density at radius 3 is 2.36 bits per heavy atom. The normalized spacial score (nSPS) is 13.2. The number of guanidine groups is 1. The lowest BCUT2D eigenvalue weighted by Gasteiger charge is -2.17. The van der Waals surface area contributed by atoms with Crippen LogP contribution in [0.1, 0.15) is 12.5 Å². The predicted octanol–water partition coefficient (Wildman–Crippen LogP) is 1.41. The second kappa shape index (κ2) is 10.0. The number of methoxy groups -OCH3 is 1. The van der Waals surface area contributed by atoms with Gasteiger partial charge in [-0.05, 0) is 24.6 Å². The highest BCUT2D eigenvalue weighted by Crippen LogP contribution is 2.10. The molecule has 0 aliphatic rings. The lowest BCUT2D eigenvalue weighted by molar-refractivity contribution is 0.179. The van der Waals surface area contributed by atoms with Crippen LogP contribution in [-0.4, -0.2) is 47.4 Å². The standard InChI is InChI=1S/C14H23N3O3S.HI/c1-11(10-20-3)17-14(15-2)16-9-12-5-7-13(8-6-12)21(4,18)19;/h5-8,11H,9-10H2,1-4H3,(H2,15,16,17);1H. The zero-order chi connectivity index (χ0) is 15.9. The molecule has 1 atom stereocenters. The van der Waals surface area contributed by atoms with Crippen molar-refractivity contribution in [1.82, 2.24) is 10.6 Å². The Labute approximate surface area is 149 Å². The van der Waals surface area contributed by atoms with Crippen molar-refractivity contribution in [3.63, 3.8) is 0 Å². The molecule has 0 bridgehead atoms. The van der Waals surface area contributed by atoms with Gasteiger partial charge in [0, 0.05) is 33.0 Å². The second-order valence-corrected chi connectivity index (χ2v) is 6.86. The van der Waals surface area contributed by atoms with Crippen LogP contribution in [0.2, 0.25) is 0 Å². The second-order valence-electron chi connectivity index (χ2n) is 4.84. The summed E-state index contributed by atoms with van der Waals surface area (Å²) < 4.78 is 27.8. The molecule has 0 saturated heterocycles. The molecular formula is C14H24IN3O3S. The van der Waals surface area contributed by atoms with Crippen molar-refractivity contribution in [3.8, 4) is 0 Å². The number of rotatable bonds is 6. The minimum Gasteiger partial charge on any atom is -0.383 e. The molecule has 126 valence electrons. The third kappa shape index (κ3) is 7.41. The van der Waals surface area contributed by atoms with E-state index in [1.54, 1.807) is 38.4 Å². The van der Waals surface area contributed by atoms with Crippen LogP contribution in [0, 0.1) is 0 Å². The van der Waals surface area contributed by atoms with Gasteiger partial charge in [-0.15, -0.1) is 24.0 Å². The molecule has 0 aromatic heterocycles. The summed E-state index contributed by atoms with van der Waals surface area (Å²) in [5.74, 6) is 0.673. The first-order chi connectivity index (χ1) is 9.86. The van der Waals surface area contributed by atoms with Crippen LogP contribution in [0.15, 0.2) is 34.2 Å². The fraction of sp³-hybridized carbons (Fsp3) is 0.500. The monoisotopic (exact) mass is 441 g/mol. The molecule has 0 spiro atoms. The van der Waals surface area contributed by atoms with E-state index < -0.39 is 9.84 Å². The van der Waals surface area contributed by atoms with Gasteiger partial charge >= 0.3 is 0 Å². The van der Waals surface area contributed by atoms with Crippen LogP contribution in [-0.2, 0) is 21.1 Å². The molecule has 0 saturated carbocycles. The minimum absolute atomic E-state index is 0. The van der Waals surface area contributed by atoms with Gasteiger partial charge in [-0.25, -0.2) is 8.42 Å². The highest BCUT2D eigenvalue weighted by atomic mass is 127. The summed E-state index contributed by atoms with van der Waals surface area (Å²) in [6.07, 6.45) is 1.20.